The molecule has 15 heavy (non-hydrogen) atoms. The summed E-state index contributed by atoms with van der Waals surface area (Å²) < 4.78 is 80.8. The molecule has 0 aliphatic carbocycles. The molecule has 0 fully saturated rings. The molecule has 0 spiro atoms. The van der Waals surface area contributed by atoms with E-state index >= 15 is 0 Å². The average molecular weight is 236 g/mol. The largest absolute Gasteiger partial charge is 0.466 e. The Labute approximate surface area is 80.5 Å². The Kier molecular flexibility index (Phi) is 2.56. The molecule has 88 valence electrons. The maximum atomic E-state index is 12.1. The fraction of sp³-hybridized carbons (Fsp3) is 0.714. The third-order valence-electron chi connectivity index (χ3n) is 1.71. The molecule has 0 unspecified atom stereocenters. The molecule has 1 heterocycles. The normalized spacial score (nSPS) is 20.1. The van der Waals surface area contributed by atoms with Crippen LogP contribution in [0.2, 0.25) is 0 Å². The van der Waals surface area contributed by atoms with Gasteiger partial charge in [0.2, 0.25) is 0 Å². The highest BCUT2D eigenvalue weighted by molar-refractivity contribution is 5.21. The lowest BCUT2D eigenvalue weighted by atomic mass is 9.99. The van der Waals surface area contributed by atoms with Gasteiger partial charge in [-0.15, -0.1) is 0 Å². The first-order valence-electron chi connectivity index (χ1n) is 3.82. The van der Waals surface area contributed by atoms with Crippen molar-refractivity contribution in [1.82, 2.24) is 0 Å². The molecule has 0 amide bonds. The number of halogens is 6. The molecule has 1 aliphatic rings. The van der Waals surface area contributed by atoms with Crippen LogP contribution in [-0.2, 0) is 9.47 Å². The van der Waals surface area contributed by atoms with Crippen LogP contribution in [-0.4, -0.2) is 24.6 Å². The second-order valence-electron chi connectivity index (χ2n) is 2.73. The third kappa shape index (κ3) is 1.72. The Morgan fingerprint density at radius 2 is 1.60 bits per heavy atom. The molecule has 0 saturated heterocycles. The summed E-state index contributed by atoms with van der Waals surface area (Å²) in [4.78, 5) is 0. The van der Waals surface area contributed by atoms with E-state index in [-0.39, 0.29) is 12.7 Å². The van der Waals surface area contributed by atoms with Gasteiger partial charge in [0.1, 0.15) is 0 Å². The van der Waals surface area contributed by atoms with Crippen molar-refractivity contribution in [3.05, 3.63) is 12.0 Å². The molecule has 0 saturated carbocycles. The van der Waals surface area contributed by atoms with Crippen molar-refractivity contribution in [2.75, 3.05) is 6.61 Å². The number of rotatable bonds is 2. The van der Waals surface area contributed by atoms with Crippen molar-refractivity contribution < 1.29 is 35.8 Å². The molecule has 2 nitrogen and oxygen atoms in total. The van der Waals surface area contributed by atoms with Crippen LogP contribution >= 0.6 is 0 Å². The lowest BCUT2D eigenvalue weighted by Crippen LogP contribution is -2.61. The van der Waals surface area contributed by atoms with Crippen LogP contribution in [0.1, 0.15) is 6.92 Å². The van der Waals surface area contributed by atoms with Crippen LogP contribution in [0.25, 0.3) is 0 Å². The summed E-state index contributed by atoms with van der Waals surface area (Å²) >= 11 is 0. The zero-order chi connectivity index (χ0) is 11.9. The number of ether oxygens (including phenoxy) is 2. The Balaban J connectivity index is 2.97. The quantitative estimate of drug-likeness (QED) is 0.686. The van der Waals surface area contributed by atoms with E-state index in [2.05, 4.69) is 9.47 Å². The minimum Gasteiger partial charge on any atom is -0.466 e. The van der Waals surface area contributed by atoms with E-state index in [0.717, 1.165) is 0 Å². The zero-order valence-corrected chi connectivity index (χ0v) is 7.37. The van der Waals surface area contributed by atoms with Crippen LogP contribution in [0.4, 0.5) is 26.3 Å². The standard InChI is InChI=1S/C7H6F6O2/c1-2-14-4-3-5(15-4,6(8,9)10)7(11,12)13/h3H,2H2,1H3. The van der Waals surface area contributed by atoms with E-state index in [4.69, 9.17) is 0 Å². The molecule has 0 aromatic heterocycles. The van der Waals surface area contributed by atoms with Crippen molar-refractivity contribution in [2.45, 2.75) is 24.9 Å². The minimum atomic E-state index is -5.55. The van der Waals surface area contributed by atoms with Gasteiger partial charge in [-0.1, -0.05) is 0 Å². The molecule has 0 aromatic carbocycles. The molecule has 0 N–H and O–H groups in total. The summed E-state index contributed by atoms with van der Waals surface area (Å²) in [5.41, 5.74) is -4.22. The highest BCUT2D eigenvalue weighted by Gasteiger charge is 2.77. The summed E-state index contributed by atoms with van der Waals surface area (Å²) in [5, 5.41) is 0. The topological polar surface area (TPSA) is 18.5 Å². The molecule has 0 aromatic rings. The van der Waals surface area contributed by atoms with Gasteiger partial charge in [-0.25, -0.2) is 0 Å². The van der Waals surface area contributed by atoms with Gasteiger partial charge in [0, 0.05) is 0 Å². The smallest absolute Gasteiger partial charge is 0.441 e. The van der Waals surface area contributed by atoms with Crippen molar-refractivity contribution in [3.63, 3.8) is 0 Å². The van der Waals surface area contributed by atoms with Gasteiger partial charge in [-0.05, 0) is 6.92 Å². The Bertz CT molecular complexity index is 262. The third-order valence-corrected chi connectivity index (χ3v) is 1.71. The monoisotopic (exact) mass is 236 g/mol. The van der Waals surface area contributed by atoms with Gasteiger partial charge >= 0.3 is 18.0 Å². The Morgan fingerprint density at radius 3 is 1.87 bits per heavy atom. The molecule has 1 aliphatic heterocycles. The molecule has 0 radical (unpaired) electrons. The molecule has 8 heteroatoms. The van der Waals surface area contributed by atoms with Gasteiger partial charge in [0.15, 0.2) is 0 Å². The maximum Gasteiger partial charge on any atom is 0.441 e. The van der Waals surface area contributed by atoms with E-state index in [1.165, 1.54) is 6.92 Å². The van der Waals surface area contributed by atoms with E-state index in [1.807, 2.05) is 0 Å². The van der Waals surface area contributed by atoms with E-state index in [0.29, 0.717) is 0 Å². The average Bonchev–Trinajstić information content (AvgIpc) is 1.89. The second-order valence-corrected chi connectivity index (χ2v) is 2.73. The predicted molar refractivity (Wildman–Crippen MR) is 35.6 cm³/mol. The first kappa shape index (κ1) is 12.0. The summed E-state index contributed by atoms with van der Waals surface area (Å²) in [7, 11) is 0. The van der Waals surface area contributed by atoms with Crippen molar-refractivity contribution >= 4 is 0 Å². The van der Waals surface area contributed by atoms with Crippen LogP contribution in [0.15, 0.2) is 12.0 Å². The first-order valence-corrected chi connectivity index (χ1v) is 3.82. The van der Waals surface area contributed by atoms with Crippen molar-refractivity contribution in [3.8, 4) is 0 Å². The summed E-state index contributed by atoms with van der Waals surface area (Å²) in [6.45, 7) is 1.34. The van der Waals surface area contributed by atoms with E-state index < -0.39 is 23.9 Å². The number of hydrogen-bond acceptors (Lipinski definition) is 2. The molecule has 1 rings (SSSR count). The molecule has 0 bridgehead atoms. The molecule has 0 atom stereocenters. The number of hydrogen-bond donors (Lipinski definition) is 0. The van der Waals surface area contributed by atoms with Gasteiger partial charge < -0.3 is 9.47 Å². The fourth-order valence-electron chi connectivity index (χ4n) is 0.979. The number of alkyl halides is 6. The van der Waals surface area contributed by atoms with Crippen molar-refractivity contribution in [2.24, 2.45) is 0 Å². The molecular weight excluding hydrogens is 230 g/mol. The van der Waals surface area contributed by atoms with Gasteiger partial charge in [0.05, 0.1) is 12.7 Å². The van der Waals surface area contributed by atoms with Crippen LogP contribution in [0.3, 0.4) is 0 Å². The Hall–Kier alpha value is -1.08. The van der Waals surface area contributed by atoms with Gasteiger partial charge in [-0.3, -0.25) is 0 Å². The lowest BCUT2D eigenvalue weighted by Gasteiger charge is -2.40. The van der Waals surface area contributed by atoms with Crippen LogP contribution < -0.4 is 0 Å². The van der Waals surface area contributed by atoms with Gasteiger partial charge in [0.25, 0.3) is 5.95 Å². The maximum absolute atomic E-state index is 12.1. The lowest BCUT2D eigenvalue weighted by molar-refractivity contribution is -0.378. The van der Waals surface area contributed by atoms with Crippen LogP contribution in [0, 0.1) is 0 Å². The predicted octanol–water partition coefficient (Wildman–Crippen LogP) is 2.76. The minimum absolute atomic E-state index is 0.0718. The highest BCUT2D eigenvalue weighted by atomic mass is 19.4. The van der Waals surface area contributed by atoms with E-state index in [9.17, 15) is 26.3 Å². The van der Waals surface area contributed by atoms with Gasteiger partial charge in [-0.2, -0.15) is 26.3 Å². The summed E-state index contributed by atoms with van der Waals surface area (Å²) in [6.07, 6.45) is -11.2. The SMILES string of the molecule is CCOC1=CC(C(F)(F)F)(C(F)(F)F)O1. The first-order chi connectivity index (χ1) is 6.64. The Morgan fingerprint density at radius 1 is 1.20 bits per heavy atom. The summed E-state index contributed by atoms with van der Waals surface area (Å²) in [6, 6.07) is 0. The highest BCUT2D eigenvalue weighted by Crippen LogP contribution is 2.52. The van der Waals surface area contributed by atoms with Crippen molar-refractivity contribution in [1.29, 1.82) is 0 Å². The van der Waals surface area contributed by atoms with Crippen LogP contribution in [0.5, 0.6) is 0 Å². The second kappa shape index (κ2) is 3.21. The zero-order valence-electron chi connectivity index (χ0n) is 7.37. The molecular formula is C7H6F6O2. The van der Waals surface area contributed by atoms with E-state index in [1.54, 1.807) is 0 Å². The summed E-state index contributed by atoms with van der Waals surface area (Å²) in [5.74, 6) is -0.757. The fourth-order valence-corrected chi connectivity index (χ4v) is 0.979.